The van der Waals surface area contributed by atoms with E-state index in [2.05, 4.69) is 97.8 Å². The molecule has 2 aromatic carbocycles. The molecule has 5 N–H and O–H groups in total. The van der Waals surface area contributed by atoms with E-state index in [1.807, 2.05) is 76.1 Å². The Labute approximate surface area is 460 Å². The fraction of sp³-hybridized carbons (Fsp3) is 0.482. The number of urea groups is 2. The van der Waals surface area contributed by atoms with E-state index in [-0.39, 0.29) is 54.3 Å². The number of carbonyl (C=O) groups is 3. The Kier molecular flexibility index (Phi) is 17.5. The predicted molar refractivity (Wildman–Crippen MR) is 295 cm³/mol. The summed E-state index contributed by atoms with van der Waals surface area (Å²) in [6, 6.07) is 16.8. The van der Waals surface area contributed by atoms with Gasteiger partial charge in [0.25, 0.3) is 0 Å². The number of ketones is 1. The predicted octanol–water partition coefficient (Wildman–Crippen LogP) is 5.64. The molecule has 12 rings (SSSR count). The SMILES string of the molecule is CC(C)OC1CN(C(=O)NC2CCN(C3COC3)Cc3cc(-c4ccnc(Nc5cnn(C)c5)n4)ccc32)C1.CC(C)OC1CN(C(=O)NC2CCNCc3cc(-c4ccnc(Nc5cnn(C)c5)n4)ccc32)C1.O=C1COC1. The van der Waals surface area contributed by atoms with Gasteiger partial charge >= 0.3 is 12.1 Å². The molecule has 6 aliphatic heterocycles. The van der Waals surface area contributed by atoms with E-state index in [0.717, 1.165) is 103 Å². The summed E-state index contributed by atoms with van der Waals surface area (Å²) in [5.74, 6) is 1.25. The highest BCUT2D eigenvalue weighted by molar-refractivity contribution is 5.84. The smallest absolute Gasteiger partial charge is 0.318 e. The van der Waals surface area contributed by atoms with Crippen molar-refractivity contribution in [2.75, 3.05) is 76.3 Å². The zero-order chi connectivity index (χ0) is 55.0. The molecule has 2 unspecified atom stereocenters. The van der Waals surface area contributed by atoms with Crippen LogP contribution in [0, 0.1) is 0 Å². The summed E-state index contributed by atoms with van der Waals surface area (Å²) in [5.41, 5.74) is 10.0. The molecule has 23 heteroatoms. The van der Waals surface area contributed by atoms with Crippen LogP contribution in [0.15, 0.2) is 85.7 Å². The number of ether oxygens (including phenoxy) is 4. The number of amides is 4. The molecule has 0 bridgehead atoms. The summed E-state index contributed by atoms with van der Waals surface area (Å²) in [6.45, 7) is 16.1. The number of nitrogens with zero attached hydrogens (tertiary/aromatic N) is 11. The standard InChI is InChI=1S/C28H36N8O3.C25H32N8O2.C3H4O2/c1-18(2)39-23-14-36(15-23)28(37)33-26-7-9-35(22-16-38-17-22)12-20-10-19(4-5-24(20)26)25-6-8-29-27(32-25)31-21-11-30-34(3)13-21;1-16(2)35-20-14-33(15-20)25(34)31-23-6-8-26-11-18-10-17(4-5-21(18)23)22-7-9-27-24(30-22)29-19-12-28-32(3)13-19;4-3-1-5-2-3/h4-6,8,10-11,13,18,22-23,26H,7,9,12,14-17H2,1-3H3,(H,33,37)(H,29,31,32);4-5,7,9-10,12-13,16,20,23,26H,6,8,11,14-15H2,1-3H3,(H,31,34)(H,27,29,30);1-2H2. The lowest BCUT2D eigenvalue weighted by Gasteiger charge is -2.40. The van der Waals surface area contributed by atoms with Crippen LogP contribution in [-0.2, 0) is 50.9 Å². The van der Waals surface area contributed by atoms with E-state index in [9.17, 15) is 14.4 Å². The highest BCUT2D eigenvalue weighted by Crippen LogP contribution is 2.34. The Morgan fingerprint density at radius 3 is 1.65 bits per heavy atom. The number of likely N-dealkylation sites (tertiary alicyclic amines) is 2. The van der Waals surface area contributed by atoms with Crippen molar-refractivity contribution in [3.8, 4) is 22.5 Å². The summed E-state index contributed by atoms with van der Waals surface area (Å²) >= 11 is 0. The Hall–Kier alpha value is -7.41. The van der Waals surface area contributed by atoms with Crippen LogP contribution in [0.4, 0.5) is 32.9 Å². The molecule has 418 valence electrons. The number of benzene rings is 2. The lowest BCUT2D eigenvalue weighted by Crippen LogP contribution is -2.58. The maximum absolute atomic E-state index is 13.1. The van der Waals surface area contributed by atoms with Crippen LogP contribution in [-0.4, -0.2) is 168 Å². The molecule has 10 heterocycles. The second-order valence-electron chi connectivity index (χ2n) is 21.3. The maximum Gasteiger partial charge on any atom is 0.318 e. The van der Waals surface area contributed by atoms with Gasteiger partial charge in [0, 0.05) is 69.6 Å². The zero-order valence-corrected chi connectivity index (χ0v) is 45.8. The van der Waals surface area contributed by atoms with Gasteiger partial charge in [0.2, 0.25) is 11.9 Å². The van der Waals surface area contributed by atoms with Crippen LogP contribution in [0.2, 0.25) is 0 Å². The highest BCUT2D eigenvalue weighted by Gasteiger charge is 2.36. The maximum atomic E-state index is 13.1. The molecule has 4 saturated heterocycles. The molecule has 0 radical (unpaired) electrons. The van der Waals surface area contributed by atoms with Crippen LogP contribution >= 0.6 is 0 Å². The van der Waals surface area contributed by atoms with E-state index < -0.39 is 0 Å². The van der Waals surface area contributed by atoms with Crippen molar-refractivity contribution in [3.05, 3.63) is 108 Å². The van der Waals surface area contributed by atoms with Gasteiger partial charge in [-0.25, -0.2) is 29.5 Å². The lowest BCUT2D eigenvalue weighted by molar-refractivity contribution is -0.140. The average molecular weight is 1080 g/mol. The first kappa shape index (κ1) is 54.9. The fourth-order valence-corrected chi connectivity index (χ4v) is 10.1. The summed E-state index contributed by atoms with van der Waals surface area (Å²) in [7, 11) is 3.73. The first-order valence-corrected chi connectivity index (χ1v) is 27.2. The molecule has 79 heavy (non-hydrogen) atoms. The number of hydrogen-bond donors (Lipinski definition) is 5. The summed E-state index contributed by atoms with van der Waals surface area (Å²) < 4.78 is 25.0. The number of carbonyl (C=O) groups excluding carboxylic acids is 3. The number of Topliss-reactive ketones (excluding diaryl/α,β-unsaturated/α-hetero) is 1. The number of aromatic nitrogens is 8. The first-order chi connectivity index (χ1) is 38.2. The lowest BCUT2D eigenvalue weighted by atomic mass is 9.96. The number of hydrogen-bond acceptors (Lipinski definition) is 17. The number of nitrogens with one attached hydrogen (secondary N) is 5. The van der Waals surface area contributed by atoms with Gasteiger partial charge in [-0.3, -0.25) is 19.1 Å². The second-order valence-corrected chi connectivity index (χ2v) is 21.3. The molecular weight excluding hydrogens is 1010 g/mol. The van der Waals surface area contributed by atoms with Crippen molar-refractivity contribution < 1.29 is 33.3 Å². The molecule has 0 aliphatic carbocycles. The largest absolute Gasteiger partial charge is 0.378 e. The van der Waals surface area contributed by atoms with Gasteiger partial charge in [-0.15, -0.1) is 0 Å². The Balaban J connectivity index is 0.000000164. The third kappa shape index (κ3) is 14.3. The summed E-state index contributed by atoms with van der Waals surface area (Å²) in [4.78, 5) is 60.0. The Morgan fingerprint density at radius 1 is 0.684 bits per heavy atom. The van der Waals surface area contributed by atoms with Crippen LogP contribution in [0.3, 0.4) is 0 Å². The van der Waals surface area contributed by atoms with Crippen molar-refractivity contribution in [3.63, 3.8) is 0 Å². The average Bonchev–Trinajstić information content (AvgIpc) is 3.95. The van der Waals surface area contributed by atoms with Gasteiger partial charge in [-0.05, 0) is 93.6 Å². The van der Waals surface area contributed by atoms with Gasteiger partial charge in [0.1, 0.15) is 13.2 Å². The van der Waals surface area contributed by atoms with Crippen LogP contribution in [0.25, 0.3) is 22.5 Å². The van der Waals surface area contributed by atoms with Crippen molar-refractivity contribution >= 4 is 41.1 Å². The Morgan fingerprint density at radius 2 is 1.19 bits per heavy atom. The number of fused-ring (bicyclic) bond motifs is 2. The van der Waals surface area contributed by atoms with Gasteiger partial charge in [0.15, 0.2) is 5.78 Å². The second kappa shape index (κ2) is 25.1. The van der Waals surface area contributed by atoms with E-state index in [1.165, 1.54) is 5.56 Å². The van der Waals surface area contributed by atoms with Gasteiger partial charge < -0.3 is 55.3 Å². The quantitative estimate of drug-likeness (QED) is 0.0939. The number of aryl methyl sites for hydroxylation is 2. The third-order valence-electron chi connectivity index (χ3n) is 14.3. The van der Waals surface area contributed by atoms with E-state index in [0.29, 0.717) is 57.3 Å². The van der Waals surface area contributed by atoms with Gasteiger partial charge in [-0.1, -0.05) is 24.3 Å². The minimum absolute atomic E-state index is 0.0269. The van der Waals surface area contributed by atoms with Crippen molar-refractivity contribution in [2.45, 2.75) is 96.2 Å². The minimum Gasteiger partial charge on any atom is -0.378 e. The molecule has 0 saturated carbocycles. The molecule has 4 amide bonds. The first-order valence-electron chi connectivity index (χ1n) is 27.2. The molecule has 4 aromatic heterocycles. The molecule has 0 spiro atoms. The molecule has 23 nitrogen and oxygen atoms in total. The third-order valence-corrected chi connectivity index (χ3v) is 14.3. The monoisotopic (exact) mass is 1080 g/mol. The van der Waals surface area contributed by atoms with Crippen molar-refractivity contribution in [2.24, 2.45) is 14.1 Å². The molecule has 4 fully saturated rings. The van der Waals surface area contributed by atoms with E-state index in [4.69, 9.17) is 19.2 Å². The molecule has 6 aromatic rings. The van der Waals surface area contributed by atoms with Crippen molar-refractivity contribution in [1.82, 2.24) is 70.1 Å². The van der Waals surface area contributed by atoms with Crippen molar-refractivity contribution in [1.29, 1.82) is 0 Å². The topological polar surface area (TPSA) is 245 Å². The number of rotatable bonds is 13. The van der Waals surface area contributed by atoms with Gasteiger partial charge in [0.05, 0.1) is 117 Å². The molecule has 6 aliphatic rings. The minimum atomic E-state index is -0.0641. The van der Waals surface area contributed by atoms with Crippen LogP contribution < -0.4 is 26.6 Å². The van der Waals surface area contributed by atoms with Gasteiger partial charge in [-0.2, -0.15) is 10.2 Å². The zero-order valence-electron chi connectivity index (χ0n) is 45.8. The Bertz CT molecular complexity index is 3050. The normalized spacial score (nSPS) is 19.4. The summed E-state index contributed by atoms with van der Waals surface area (Å²) in [6.07, 6.45) is 13.0. The highest BCUT2D eigenvalue weighted by atomic mass is 16.5. The summed E-state index contributed by atoms with van der Waals surface area (Å²) in [5, 5.41) is 24.8. The molecule has 2 atom stereocenters. The number of anilines is 4. The fourth-order valence-electron chi connectivity index (χ4n) is 10.1. The van der Waals surface area contributed by atoms with Crippen LogP contribution in [0.1, 0.15) is 74.9 Å². The van der Waals surface area contributed by atoms with E-state index >= 15 is 0 Å². The van der Waals surface area contributed by atoms with Crippen LogP contribution in [0.5, 0.6) is 0 Å². The van der Waals surface area contributed by atoms with E-state index in [1.54, 1.807) is 34.2 Å². The molecular formula is C56H72N16O7.